The van der Waals surface area contributed by atoms with E-state index in [1.54, 1.807) is 37.5 Å². The number of benzene rings is 2. The standard InChI is InChI=1S/C33H40O7/c1-4-10-27(19-22-37-23-24-13-16-26(36-3)17-14-24)38-32(35)31-25(11-9-12-28(31)34)15-18-30-29(5-2)39-33(40-30)20-7-6-8-21-33/h4-5,9,11-18,27,29-30,34H,1-2,6-8,10,19-23H2,3H3/b18-15+/t27-,29+,30+/m1/s1. The zero-order valence-corrected chi connectivity index (χ0v) is 23.3. The van der Waals surface area contributed by atoms with Gasteiger partial charge in [-0.05, 0) is 42.2 Å². The molecular weight excluding hydrogens is 508 g/mol. The Balaban J connectivity index is 1.38. The van der Waals surface area contributed by atoms with Gasteiger partial charge in [0.15, 0.2) is 5.79 Å². The van der Waals surface area contributed by atoms with Crippen LogP contribution in [-0.4, -0.2) is 48.9 Å². The largest absolute Gasteiger partial charge is 0.507 e. The maximum atomic E-state index is 13.3. The quantitative estimate of drug-likeness (QED) is 0.168. The Morgan fingerprint density at radius 3 is 2.55 bits per heavy atom. The van der Waals surface area contributed by atoms with Crippen LogP contribution in [0.25, 0.3) is 6.08 Å². The van der Waals surface area contributed by atoms with Crippen molar-refractivity contribution in [2.24, 2.45) is 0 Å². The number of carbonyl (C=O) groups excluding carboxylic acids is 1. The number of esters is 1. The number of phenols is 1. The van der Waals surface area contributed by atoms with E-state index in [1.807, 2.05) is 30.3 Å². The maximum Gasteiger partial charge on any atom is 0.342 e. The van der Waals surface area contributed by atoms with Crippen LogP contribution in [0.3, 0.4) is 0 Å². The van der Waals surface area contributed by atoms with E-state index in [-0.39, 0.29) is 23.5 Å². The molecule has 3 atom stereocenters. The number of hydrogen-bond acceptors (Lipinski definition) is 7. The van der Waals surface area contributed by atoms with Crippen LogP contribution in [0, 0.1) is 0 Å². The van der Waals surface area contributed by atoms with Crippen molar-refractivity contribution in [3.05, 3.63) is 90.5 Å². The SMILES string of the molecule is C=CC[C@H](CCOCc1ccc(OC)cc1)OC(=O)c1c(O)cccc1/C=C/[C@@H]1OC2(CCCCC2)O[C@H]1C=C. The highest BCUT2D eigenvalue weighted by Gasteiger charge is 2.46. The minimum Gasteiger partial charge on any atom is -0.507 e. The maximum absolute atomic E-state index is 13.3. The molecule has 0 amide bonds. The van der Waals surface area contributed by atoms with Crippen molar-refractivity contribution in [2.45, 2.75) is 75.7 Å². The third kappa shape index (κ3) is 7.62. The van der Waals surface area contributed by atoms with E-state index in [0.29, 0.717) is 31.6 Å². The van der Waals surface area contributed by atoms with Gasteiger partial charge in [-0.15, -0.1) is 13.2 Å². The lowest BCUT2D eigenvalue weighted by atomic mass is 9.94. The van der Waals surface area contributed by atoms with Gasteiger partial charge >= 0.3 is 5.97 Å². The summed E-state index contributed by atoms with van der Waals surface area (Å²) in [6.45, 7) is 8.54. The van der Waals surface area contributed by atoms with E-state index < -0.39 is 17.9 Å². The molecule has 1 saturated carbocycles. The Morgan fingerprint density at radius 2 is 1.85 bits per heavy atom. The van der Waals surface area contributed by atoms with Crippen molar-refractivity contribution in [1.29, 1.82) is 0 Å². The molecule has 7 heteroatoms. The molecule has 40 heavy (non-hydrogen) atoms. The molecule has 214 valence electrons. The fourth-order valence-electron chi connectivity index (χ4n) is 5.18. The van der Waals surface area contributed by atoms with Gasteiger partial charge in [-0.3, -0.25) is 0 Å². The Labute approximate surface area is 237 Å². The van der Waals surface area contributed by atoms with Crippen molar-refractivity contribution in [2.75, 3.05) is 13.7 Å². The molecule has 2 aliphatic rings. The molecule has 0 radical (unpaired) electrons. The number of ether oxygens (including phenoxy) is 5. The molecule has 2 aromatic rings. The summed E-state index contributed by atoms with van der Waals surface area (Å²) in [4.78, 5) is 13.3. The summed E-state index contributed by atoms with van der Waals surface area (Å²) in [5.41, 5.74) is 1.66. The second kappa shape index (κ2) is 14.3. The number of methoxy groups -OCH3 is 1. The van der Waals surface area contributed by atoms with Crippen molar-refractivity contribution < 1.29 is 33.6 Å². The lowest BCUT2D eigenvalue weighted by Crippen LogP contribution is -2.33. The average molecular weight is 549 g/mol. The predicted molar refractivity (Wildman–Crippen MR) is 154 cm³/mol. The summed E-state index contributed by atoms with van der Waals surface area (Å²) in [6, 6.07) is 12.6. The minimum atomic E-state index is -0.604. The Bertz CT molecular complexity index is 1160. The van der Waals surface area contributed by atoms with Gasteiger partial charge in [0.25, 0.3) is 0 Å². The fourth-order valence-corrected chi connectivity index (χ4v) is 5.18. The van der Waals surface area contributed by atoms with Crippen molar-refractivity contribution in [3.8, 4) is 11.5 Å². The summed E-state index contributed by atoms with van der Waals surface area (Å²) >= 11 is 0. The van der Waals surface area contributed by atoms with Gasteiger partial charge in [-0.2, -0.15) is 0 Å². The van der Waals surface area contributed by atoms with E-state index in [4.69, 9.17) is 23.7 Å². The van der Waals surface area contributed by atoms with Crippen LogP contribution in [0.5, 0.6) is 11.5 Å². The van der Waals surface area contributed by atoms with Gasteiger partial charge in [0.2, 0.25) is 0 Å². The van der Waals surface area contributed by atoms with E-state index in [1.165, 1.54) is 12.5 Å². The molecule has 0 aromatic heterocycles. The van der Waals surface area contributed by atoms with Gasteiger partial charge in [-0.25, -0.2) is 4.79 Å². The van der Waals surface area contributed by atoms with Gasteiger partial charge in [0.05, 0.1) is 20.3 Å². The summed E-state index contributed by atoms with van der Waals surface area (Å²) in [5.74, 6) is -0.529. The number of hydrogen-bond donors (Lipinski definition) is 1. The lowest BCUT2D eigenvalue weighted by Gasteiger charge is -2.31. The molecule has 1 aliphatic heterocycles. The Kier molecular flexibility index (Phi) is 10.6. The van der Waals surface area contributed by atoms with Crippen molar-refractivity contribution in [1.82, 2.24) is 0 Å². The second-order valence-electron chi connectivity index (χ2n) is 10.2. The van der Waals surface area contributed by atoms with E-state index in [9.17, 15) is 9.90 Å². The van der Waals surface area contributed by atoms with Crippen molar-refractivity contribution in [3.63, 3.8) is 0 Å². The minimum absolute atomic E-state index is 0.105. The Morgan fingerprint density at radius 1 is 1.10 bits per heavy atom. The first-order valence-electron chi connectivity index (χ1n) is 14.0. The number of carbonyl (C=O) groups is 1. The molecule has 1 N–H and O–H groups in total. The molecule has 4 rings (SSSR count). The zero-order valence-electron chi connectivity index (χ0n) is 23.3. The third-order valence-electron chi connectivity index (χ3n) is 7.33. The molecule has 2 aromatic carbocycles. The fraction of sp³-hybridized carbons (Fsp3) is 0.424. The summed E-state index contributed by atoms with van der Waals surface area (Å²) < 4.78 is 29.4. The van der Waals surface area contributed by atoms with Crippen LogP contribution in [0.1, 0.15) is 66.4 Å². The first-order chi connectivity index (χ1) is 19.5. The van der Waals surface area contributed by atoms with Crippen LogP contribution < -0.4 is 4.74 Å². The van der Waals surface area contributed by atoms with Crippen LogP contribution in [0.15, 0.2) is 73.9 Å². The van der Waals surface area contributed by atoms with Crippen LogP contribution in [0.2, 0.25) is 0 Å². The predicted octanol–water partition coefficient (Wildman–Crippen LogP) is 6.75. The third-order valence-corrected chi connectivity index (χ3v) is 7.33. The highest BCUT2D eigenvalue weighted by Crippen LogP contribution is 2.41. The van der Waals surface area contributed by atoms with Crippen LogP contribution >= 0.6 is 0 Å². The van der Waals surface area contributed by atoms with Crippen LogP contribution in [0.4, 0.5) is 0 Å². The average Bonchev–Trinajstić information content (AvgIpc) is 3.31. The summed E-state index contributed by atoms with van der Waals surface area (Å²) in [7, 11) is 1.63. The molecule has 1 aliphatic carbocycles. The molecular formula is C33H40O7. The van der Waals surface area contributed by atoms with E-state index in [0.717, 1.165) is 37.0 Å². The number of aromatic hydroxyl groups is 1. The van der Waals surface area contributed by atoms with Crippen LogP contribution in [-0.2, 0) is 25.6 Å². The molecule has 7 nitrogen and oxygen atoms in total. The van der Waals surface area contributed by atoms with Gasteiger partial charge < -0.3 is 28.8 Å². The van der Waals surface area contributed by atoms with Crippen molar-refractivity contribution >= 4 is 12.0 Å². The molecule has 2 fully saturated rings. The van der Waals surface area contributed by atoms with Gasteiger partial charge in [0, 0.05) is 25.7 Å². The summed E-state index contributed by atoms with van der Waals surface area (Å²) in [6.07, 6.45) is 12.1. The normalized spacial score (nSPS) is 20.8. The first-order valence-corrected chi connectivity index (χ1v) is 14.0. The van der Waals surface area contributed by atoms with E-state index >= 15 is 0 Å². The number of rotatable bonds is 13. The van der Waals surface area contributed by atoms with Gasteiger partial charge in [-0.1, -0.05) is 55.0 Å². The zero-order chi connectivity index (χ0) is 28.4. The first kappa shape index (κ1) is 29.6. The molecule has 0 unspecified atom stereocenters. The smallest absolute Gasteiger partial charge is 0.342 e. The molecule has 0 bridgehead atoms. The Hall–Kier alpha value is -3.39. The summed E-state index contributed by atoms with van der Waals surface area (Å²) in [5, 5.41) is 10.6. The highest BCUT2D eigenvalue weighted by molar-refractivity contribution is 5.96. The monoisotopic (exact) mass is 548 g/mol. The molecule has 1 heterocycles. The second-order valence-corrected chi connectivity index (χ2v) is 10.2. The molecule has 1 spiro atoms. The lowest BCUT2D eigenvalue weighted by molar-refractivity contribution is -0.187. The van der Waals surface area contributed by atoms with Gasteiger partial charge in [0.1, 0.15) is 35.4 Å². The number of phenolic OH excluding ortho intramolecular Hbond substituents is 1. The highest BCUT2D eigenvalue weighted by atomic mass is 16.8. The molecule has 1 saturated heterocycles. The van der Waals surface area contributed by atoms with E-state index in [2.05, 4.69) is 13.2 Å². The topological polar surface area (TPSA) is 83.5 Å².